The molecule has 0 bridgehead atoms. The van der Waals surface area contributed by atoms with Crippen molar-refractivity contribution in [3.05, 3.63) is 30.2 Å². The molecule has 25 heavy (non-hydrogen) atoms. The number of oxazole rings is 1. The molecule has 2 rings (SSSR count). The van der Waals surface area contributed by atoms with E-state index in [4.69, 9.17) is 20.6 Å². The van der Waals surface area contributed by atoms with E-state index in [-0.39, 0.29) is 18.5 Å². The zero-order valence-corrected chi connectivity index (χ0v) is 13.9. The molecule has 0 unspecified atom stereocenters. The van der Waals surface area contributed by atoms with E-state index in [2.05, 4.69) is 25.6 Å². The number of carbonyl (C=O) groups is 1. The first-order valence-electron chi connectivity index (χ1n) is 7.69. The molecule has 0 fully saturated rings. The summed E-state index contributed by atoms with van der Waals surface area (Å²) < 4.78 is 10.5. The number of rotatable bonds is 8. The Kier molecular flexibility index (Phi) is 6.72. The zero-order valence-electron chi connectivity index (χ0n) is 13.9. The van der Waals surface area contributed by atoms with Crippen LogP contribution in [-0.4, -0.2) is 41.7 Å². The summed E-state index contributed by atoms with van der Waals surface area (Å²) in [5.41, 5.74) is 12.5. The van der Waals surface area contributed by atoms with E-state index in [1.807, 2.05) is 6.92 Å². The Balaban J connectivity index is 2.00. The van der Waals surface area contributed by atoms with Crippen LogP contribution in [-0.2, 0) is 11.3 Å². The van der Waals surface area contributed by atoms with Crippen LogP contribution in [0.25, 0.3) is 11.4 Å². The van der Waals surface area contributed by atoms with Crippen molar-refractivity contribution in [1.29, 1.82) is 0 Å². The van der Waals surface area contributed by atoms with Crippen LogP contribution >= 0.6 is 0 Å². The molecule has 0 atom stereocenters. The zero-order chi connectivity index (χ0) is 18.1. The van der Waals surface area contributed by atoms with Gasteiger partial charge in [0, 0.05) is 13.2 Å². The first kappa shape index (κ1) is 18.2. The molecule has 2 aromatic heterocycles. The first-order chi connectivity index (χ1) is 12.1. The maximum atomic E-state index is 10.8. The van der Waals surface area contributed by atoms with Crippen LogP contribution in [0, 0.1) is 0 Å². The molecule has 2 heterocycles. The summed E-state index contributed by atoms with van der Waals surface area (Å²) in [5.74, 6) is 0.181. The van der Waals surface area contributed by atoms with Gasteiger partial charge in [-0.05, 0) is 19.1 Å². The Hall–Kier alpha value is -3.14. The number of aliphatic imine (C=N–C) groups is 1. The van der Waals surface area contributed by atoms with Crippen LogP contribution in [0.15, 0.2) is 33.9 Å². The number of aromatic nitrogens is 2. The molecule has 0 aliphatic rings. The van der Waals surface area contributed by atoms with Gasteiger partial charge in [-0.25, -0.2) is 9.78 Å². The van der Waals surface area contributed by atoms with Gasteiger partial charge in [0.15, 0.2) is 5.96 Å². The summed E-state index contributed by atoms with van der Waals surface area (Å²) in [6.07, 6.45) is 1.43. The Morgan fingerprint density at radius 2 is 2.12 bits per heavy atom. The molecule has 6 N–H and O–H groups in total. The molecule has 2 amide bonds. The van der Waals surface area contributed by atoms with Gasteiger partial charge in [0.05, 0.1) is 24.5 Å². The lowest BCUT2D eigenvalue weighted by Gasteiger charge is -2.03. The summed E-state index contributed by atoms with van der Waals surface area (Å²) >= 11 is 0. The highest BCUT2D eigenvalue weighted by Gasteiger charge is 2.08. The number of carbonyl (C=O) groups excluding carboxylic acids is 1. The molecule has 0 saturated heterocycles. The number of hydrogen-bond acceptors (Lipinski definition) is 6. The van der Waals surface area contributed by atoms with Crippen molar-refractivity contribution in [2.45, 2.75) is 13.5 Å². The minimum Gasteiger partial charge on any atom is -0.430 e. The molecular weight excluding hydrogens is 326 g/mol. The van der Waals surface area contributed by atoms with E-state index in [0.717, 1.165) is 0 Å². The van der Waals surface area contributed by atoms with Gasteiger partial charge in [0.1, 0.15) is 12.0 Å². The number of primary amides is 1. The third-order valence-electron chi connectivity index (χ3n) is 2.98. The van der Waals surface area contributed by atoms with Gasteiger partial charge >= 0.3 is 12.0 Å². The van der Waals surface area contributed by atoms with Crippen LogP contribution in [0.1, 0.15) is 12.6 Å². The monoisotopic (exact) mass is 347 g/mol. The van der Waals surface area contributed by atoms with Gasteiger partial charge in [0.25, 0.3) is 0 Å². The number of nitrogens with one attached hydrogen (secondary N) is 2. The second kappa shape index (κ2) is 9.23. The first-order valence-corrected chi connectivity index (χ1v) is 7.69. The second-order valence-electron chi connectivity index (χ2n) is 4.87. The third-order valence-corrected chi connectivity index (χ3v) is 2.98. The number of pyridine rings is 1. The average Bonchev–Trinajstić information content (AvgIpc) is 3.05. The molecule has 134 valence electrons. The lowest BCUT2D eigenvalue weighted by molar-refractivity contribution is 0.152. The second-order valence-corrected chi connectivity index (χ2v) is 4.87. The van der Waals surface area contributed by atoms with E-state index in [9.17, 15) is 4.79 Å². The van der Waals surface area contributed by atoms with Gasteiger partial charge in [-0.15, -0.1) is 0 Å². The van der Waals surface area contributed by atoms with Gasteiger partial charge in [-0.3, -0.25) is 0 Å². The van der Waals surface area contributed by atoms with Crippen molar-refractivity contribution in [2.75, 3.05) is 19.8 Å². The lowest BCUT2D eigenvalue weighted by atomic mass is 10.2. The summed E-state index contributed by atoms with van der Waals surface area (Å²) in [5, 5.41) is 5.36. The minimum absolute atomic E-state index is 0.110. The topological polar surface area (TPSA) is 154 Å². The highest BCUT2D eigenvalue weighted by molar-refractivity contribution is 5.79. The number of nitrogens with two attached hydrogens (primary N) is 2. The van der Waals surface area contributed by atoms with E-state index in [1.165, 1.54) is 6.26 Å². The SMILES string of the molecule is CCOCCN/C(N)=N/c1nc(-c2cccc(CNC(N)=O)n2)co1. The number of nitrogens with zero attached hydrogens (tertiary/aromatic N) is 3. The van der Waals surface area contributed by atoms with Gasteiger partial charge in [0.2, 0.25) is 0 Å². The predicted molar refractivity (Wildman–Crippen MR) is 91.9 cm³/mol. The van der Waals surface area contributed by atoms with Gasteiger partial charge in [-0.1, -0.05) is 6.07 Å². The van der Waals surface area contributed by atoms with Crippen molar-refractivity contribution < 1.29 is 13.9 Å². The maximum Gasteiger partial charge on any atom is 0.325 e. The van der Waals surface area contributed by atoms with Crippen molar-refractivity contribution in [3.63, 3.8) is 0 Å². The molecule has 0 aliphatic carbocycles. The molecule has 0 radical (unpaired) electrons. The predicted octanol–water partition coefficient (Wildman–Crippen LogP) is 0.477. The molecule has 2 aromatic rings. The summed E-state index contributed by atoms with van der Waals surface area (Å²) in [4.78, 5) is 23.4. The minimum atomic E-state index is -0.613. The number of urea groups is 1. The fraction of sp³-hybridized carbons (Fsp3) is 0.333. The van der Waals surface area contributed by atoms with E-state index in [1.54, 1.807) is 18.2 Å². The number of guanidine groups is 1. The Labute approximate surface area is 144 Å². The van der Waals surface area contributed by atoms with E-state index < -0.39 is 6.03 Å². The fourth-order valence-corrected chi connectivity index (χ4v) is 1.87. The highest BCUT2D eigenvalue weighted by Crippen LogP contribution is 2.20. The molecule has 10 heteroatoms. The number of hydrogen-bond donors (Lipinski definition) is 4. The molecule has 0 aliphatic heterocycles. The van der Waals surface area contributed by atoms with Gasteiger partial charge in [-0.2, -0.15) is 9.98 Å². The van der Waals surface area contributed by atoms with Gasteiger partial charge < -0.3 is 31.3 Å². The fourth-order valence-electron chi connectivity index (χ4n) is 1.87. The van der Waals surface area contributed by atoms with Crippen LogP contribution in [0.5, 0.6) is 0 Å². The average molecular weight is 347 g/mol. The van der Waals surface area contributed by atoms with Crippen molar-refractivity contribution in [3.8, 4) is 11.4 Å². The summed E-state index contributed by atoms with van der Waals surface area (Å²) in [7, 11) is 0. The van der Waals surface area contributed by atoms with Crippen LogP contribution < -0.4 is 22.1 Å². The van der Waals surface area contributed by atoms with Crippen LogP contribution in [0.3, 0.4) is 0 Å². The molecule has 10 nitrogen and oxygen atoms in total. The smallest absolute Gasteiger partial charge is 0.325 e. The molecular formula is C15H21N7O3. The van der Waals surface area contributed by atoms with Crippen molar-refractivity contribution in [2.24, 2.45) is 16.5 Å². The van der Waals surface area contributed by atoms with E-state index >= 15 is 0 Å². The summed E-state index contributed by atoms with van der Waals surface area (Å²) in [6, 6.07) is 4.82. The normalized spacial score (nSPS) is 11.3. The van der Waals surface area contributed by atoms with Crippen molar-refractivity contribution >= 4 is 18.0 Å². The Bertz CT molecular complexity index is 729. The van der Waals surface area contributed by atoms with E-state index in [0.29, 0.717) is 36.8 Å². The number of ether oxygens (including phenoxy) is 1. The highest BCUT2D eigenvalue weighted by atomic mass is 16.5. The Morgan fingerprint density at radius 1 is 1.28 bits per heavy atom. The lowest BCUT2D eigenvalue weighted by Crippen LogP contribution is -2.33. The number of amides is 2. The molecule has 0 aromatic carbocycles. The third kappa shape index (κ3) is 6.11. The van der Waals surface area contributed by atoms with Crippen LogP contribution in [0.2, 0.25) is 0 Å². The quantitative estimate of drug-likeness (QED) is 0.307. The standard InChI is InChI=1S/C15H21N7O3/c1-2-24-7-6-18-13(16)22-15-21-12(9-25-15)11-5-3-4-10(20-11)8-19-14(17)23/h3-5,9H,2,6-8H2,1H3,(H3,17,19,23)(H3,16,18,21,22). The maximum absolute atomic E-state index is 10.8. The Morgan fingerprint density at radius 3 is 2.88 bits per heavy atom. The molecule has 0 spiro atoms. The summed E-state index contributed by atoms with van der Waals surface area (Å²) in [6.45, 7) is 3.84. The largest absolute Gasteiger partial charge is 0.430 e. The van der Waals surface area contributed by atoms with Crippen LogP contribution in [0.4, 0.5) is 10.8 Å². The van der Waals surface area contributed by atoms with Crippen molar-refractivity contribution in [1.82, 2.24) is 20.6 Å². The molecule has 0 saturated carbocycles.